The van der Waals surface area contributed by atoms with E-state index in [2.05, 4.69) is 24.1 Å². The van der Waals surface area contributed by atoms with Crippen molar-refractivity contribution in [2.75, 3.05) is 0 Å². The highest BCUT2D eigenvalue weighted by Gasteiger charge is 2.19. The summed E-state index contributed by atoms with van der Waals surface area (Å²) < 4.78 is 0. The van der Waals surface area contributed by atoms with E-state index in [0.717, 1.165) is 11.1 Å². The van der Waals surface area contributed by atoms with Gasteiger partial charge >= 0.3 is 5.97 Å². The fourth-order valence-corrected chi connectivity index (χ4v) is 2.14. The van der Waals surface area contributed by atoms with E-state index in [-0.39, 0.29) is 0 Å². The molecular weight excluding hydrogens is 264 g/mol. The first-order chi connectivity index (χ1) is 10.1. The molecule has 4 heteroatoms. The Morgan fingerprint density at radius 1 is 1.10 bits per heavy atom. The second kappa shape index (κ2) is 6.99. The molecule has 0 aliphatic heterocycles. The molecule has 0 saturated carbocycles. The minimum absolute atomic E-state index is 0.437. The Balaban J connectivity index is 2.10. The van der Waals surface area contributed by atoms with Crippen LogP contribution in [-0.2, 0) is 11.3 Å². The quantitative estimate of drug-likeness (QED) is 0.855. The number of aliphatic carboxylic acids is 1. The van der Waals surface area contributed by atoms with Crippen LogP contribution in [0.15, 0.2) is 48.8 Å². The van der Waals surface area contributed by atoms with Crippen LogP contribution in [-0.4, -0.2) is 16.1 Å². The molecule has 0 fully saturated rings. The molecule has 2 N–H and O–H groups in total. The molecule has 0 aliphatic rings. The molecule has 0 spiro atoms. The number of pyridine rings is 1. The van der Waals surface area contributed by atoms with Gasteiger partial charge in [-0.15, -0.1) is 0 Å². The molecule has 0 radical (unpaired) electrons. The molecule has 1 aromatic heterocycles. The summed E-state index contributed by atoms with van der Waals surface area (Å²) in [6.07, 6.45) is 3.40. The zero-order valence-electron chi connectivity index (χ0n) is 12.3. The Kier molecular flexibility index (Phi) is 5.06. The second-order valence-electron chi connectivity index (χ2n) is 5.33. The van der Waals surface area contributed by atoms with Gasteiger partial charge in [-0.05, 0) is 34.7 Å². The molecule has 2 rings (SSSR count). The van der Waals surface area contributed by atoms with Crippen LogP contribution in [0.5, 0.6) is 0 Å². The van der Waals surface area contributed by atoms with Crippen molar-refractivity contribution >= 4 is 5.97 Å². The summed E-state index contributed by atoms with van der Waals surface area (Å²) in [5, 5.41) is 12.5. The summed E-state index contributed by atoms with van der Waals surface area (Å²) in [6, 6.07) is 10.8. The number of carboxylic acids is 1. The standard InChI is InChI=1S/C17H20N2O2/c1-12(2)14-3-5-15(6-4-14)16(17(20)21)19-11-13-7-9-18-10-8-13/h3-10,12,16,19H,11H2,1-2H3,(H,20,21). The summed E-state index contributed by atoms with van der Waals surface area (Å²) in [5.74, 6) is -0.437. The molecule has 1 heterocycles. The molecule has 1 atom stereocenters. The van der Waals surface area contributed by atoms with E-state index in [0.29, 0.717) is 12.5 Å². The van der Waals surface area contributed by atoms with Crippen molar-refractivity contribution in [1.29, 1.82) is 0 Å². The van der Waals surface area contributed by atoms with Crippen molar-refractivity contribution in [1.82, 2.24) is 10.3 Å². The van der Waals surface area contributed by atoms with Crippen molar-refractivity contribution < 1.29 is 9.90 Å². The van der Waals surface area contributed by atoms with Gasteiger partial charge < -0.3 is 5.11 Å². The van der Waals surface area contributed by atoms with Gasteiger partial charge in [0, 0.05) is 18.9 Å². The van der Waals surface area contributed by atoms with E-state index in [1.165, 1.54) is 5.56 Å². The maximum atomic E-state index is 11.5. The lowest BCUT2D eigenvalue weighted by Crippen LogP contribution is -2.28. The van der Waals surface area contributed by atoms with E-state index in [1.54, 1.807) is 12.4 Å². The van der Waals surface area contributed by atoms with Gasteiger partial charge in [-0.3, -0.25) is 15.1 Å². The predicted octanol–water partition coefficient (Wildman–Crippen LogP) is 3.12. The van der Waals surface area contributed by atoms with Crippen LogP contribution >= 0.6 is 0 Å². The molecule has 21 heavy (non-hydrogen) atoms. The van der Waals surface area contributed by atoms with Gasteiger partial charge in [0.2, 0.25) is 0 Å². The van der Waals surface area contributed by atoms with E-state index in [9.17, 15) is 9.90 Å². The van der Waals surface area contributed by atoms with Crippen LogP contribution in [0, 0.1) is 0 Å². The van der Waals surface area contributed by atoms with Gasteiger partial charge in [0.25, 0.3) is 0 Å². The molecule has 4 nitrogen and oxygen atoms in total. The third kappa shape index (κ3) is 4.13. The van der Waals surface area contributed by atoms with E-state index < -0.39 is 12.0 Å². The number of nitrogens with zero attached hydrogens (tertiary/aromatic N) is 1. The Labute approximate surface area is 124 Å². The topological polar surface area (TPSA) is 62.2 Å². The lowest BCUT2D eigenvalue weighted by atomic mass is 9.99. The van der Waals surface area contributed by atoms with Crippen LogP contribution in [0.4, 0.5) is 0 Å². The van der Waals surface area contributed by atoms with Crippen LogP contribution < -0.4 is 5.32 Å². The van der Waals surface area contributed by atoms with Crippen molar-refractivity contribution in [3.63, 3.8) is 0 Å². The molecule has 2 aromatic rings. The first-order valence-electron chi connectivity index (χ1n) is 7.03. The van der Waals surface area contributed by atoms with Crippen LogP contribution in [0.1, 0.15) is 42.5 Å². The Hall–Kier alpha value is -2.20. The van der Waals surface area contributed by atoms with Crippen LogP contribution in [0.2, 0.25) is 0 Å². The SMILES string of the molecule is CC(C)c1ccc(C(NCc2ccncc2)C(=O)O)cc1. The maximum absolute atomic E-state index is 11.5. The van der Waals surface area contributed by atoms with Crippen molar-refractivity contribution in [2.24, 2.45) is 0 Å². The number of benzene rings is 1. The Bertz CT molecular complexity index is 579. The third-order valence-electron chi connectivity index (χ3n) is 3.44. The Morgan fingerprint density at radius 3 is 2.19 bits per heavy atom. The first kappa shape index (κ1) is 15.2. The summed E-state index contributed by atoms with van der Waals surface area (Å²) in [5.41, 5.74) is 2.98. The summed E-state index contributed by atoms with van der Waals surface area (Å²) in [6.45, 7) is 4.72. The minimum Gasteiger partial charge on any atom is -0.480 e. The number of rotatable bonds is 6. The van der Waals surface area contributed by atoms with Gasteiger partial charge in [-0.25, -0.2) is 0 Å². The first-order valence-corrected chi connectivity index (χ1v) is 7.03. The van der Waals surface area contributed by atoms with Crippen molar-refractivity contribution in [3.05, 3.63) is 65.5 Å². The Morgan fingerprint density at radius 2 is 1.67 bits per heavy atom. The highest BCUT2D eigenvalue weighted by Crippen LogP contribution is 2.19. The number of hydrogen-bond donors (Lipinski definition) is 2. The molecule has 0 amide bonds. The smallest absolute Gasteiger partial charge is 0.325 e. The molecule has 0 aliphatic carbocycles. The molecule has 1 aromatic carbocycles. The van der Waals surface area contributed by atoms with Crippen LogP contribution in [0.25, 0.3) is 0 Å². The fraction of sp³-hybridized carbons (Fsp3) is 0.294. The number of hydrogen-bond acceptors (Lipinski definition) is 3. The summed E-state index contributed by atoms with van der Waals surface area (Å²) in [7, 11) is 0. The largest absolute Gasteiger partial charge is 0.480 e. The zero-order valence-corrected chi connectivity index (χ0v) is 12.3. The van der Waals surface area contributed by atoms with Crippen molar-refractivity contribution in [3.8, 4) is 0 Å². The average Bonchev–Trinajstić information content (AvgIpc) is 2.48. The van der Waals surface area contributed by atoms with E-state index in [1.807, 2.05) is 36.4 Å². The van der Waals surface area contributed by atoms with Gasteiger partial charge in [0.15, 0.2) is 0 Å². The molecule has 0 saturated heterocycles. The van der Waals surface area contributed by atoms with Gasteiger partial charge in [0.1, 0.15) is 6.04 Å². The number of carbonyl (C=O) groups is 1. The highest BCUT2D eigenvalue weighted by atomic mass is 16.4. The molecule has 1 unspecified atom stereocenters. The third-order valence-corrected chi connectivity index (χ3v) is 3.44. The van der Waals surface area contributed by atoms with E-state index in [4.69, 9.17) is 0 Å². The second-order valence-corrected chi connectivity index (χ2v) is 5.33. The summed E-state index contributed by atoms with van der Waals surface area (Å²) >= 11 is 0. The van der Waals surface area contributed by atoms with Crippen molar-refractivity contribution in [2.45, 2.75) is 32.4 Å². The average molecular weight is 284 g/mol. The molecule has 110 valence electrons. The predicted molar refractivity (Wildman–Crippen MR) is 82.0 cm³/mol. The molecule has 0 bridgehead atoms. The monoisotopic (exact) mass is 284 g/mol. The number of carboxylic acid groups (broad SMARTS) is 1. The fourth-order valence-electron chi connectivity index (χ4n) is 2.14. The van der Waals surface area contributed by atoms with Gasteiger partial charge in [-0.1, -0.05) is 38.1 Å². The zero-order chi connectivity index (χ0) is 15.2. The lowest BCUT2D eigenvalue weighted by molar-refractivity contribution is -0.139. The van der Waals surface area contributed by atoms with Crippen LogP contribution in [0.3, 0.4) is 0 Å². The van der Waals surface area contributed by atoms with E-state index >= 15 is 0 Å². The normalized spacial score (nSPS) is 12.3. The molecular formula is C17H20N2O2. The maximum Gasteiger partial charge on any atom is 0.325 e. The number of nitrogens with one attached hydrogen (secondary N) is 1. The lowest BCUT2D eigenvalue weighted by Gasteiger charge is -2.16. The summed E-state index contributed by atoms with van der Waals surface area (Å²) in [4.78, 5) is 15.4. The highest BCUT2D eigenvalue weighted by molar-refractivity contribution is 5.75. The van der Waals surface area contributed by atoms with Gasteiger partial charge in [0.05, 0.1) is 0 Å². The minimum atomic E-state index is -0.874. The van der Waals surface area contributed by atoms with Gasteiger partial charge in [-0.2, -0.15) is 0 Å². The number of aromatic nitrogens is 1.